The van der Waals surface area contributed by atoms with Crippen molar-refractivity contribution in [2.24, 2.45) is 0 Å². The molecule has 18 heavy (non-hydrogen) atoms. The second-order valence-corrected chi connectivity index (χ2v) is 5.94. The van der Waals surface area contributed by atoms with Crippen molar-refractivity contribution in [1.29, 1.82) is 0 Å². The molecule has 0 spiro atoms. The number of carbonyl (C=O) groups excluding carboxylic acids is 1. The van der Waals surface area contributed by atoms with Crippen molar-refractivity contribution in [3.05, 3.63) is 15.6 Å². The molecule has 1 fully saturated rings. The van der Waals surface area contributed by atoms with E-state index in [1.165, 1.54) is 10.6 Å². The first kappa shape index (κ1) is 11.9. The molecular formula is C12H17N3O2S. The van der Waals surface area contributed by atoms with E-state index in [1.54, 1.807) is 11.3 Å². The van der Waals surface area contributed by atoms with E-state index in [9.17, 15) is 4.79 Å². The highest BCUT2D eigenvalue weighted by Crippen LogP contribution is 2.25. The Balaban J connectivity index is 1.69. The Bertz CT molecular complexity index is 454. The predicted octanol–water partition coefficient (Wildman–Crippen LogP) is 1.26. The van der Waals surface area contributed by atoms with Gasteiger partial charge in [-0.05, 0) is 6.92 Å². The molecular weight excluding hydrogens is 250 g/mol. The number of morpholine rings is 1. The number of aromatic nitrogens is 1. The number of thiazole rings is 1. The highest BCUT2D eigenvalue weighted by molar-refractivity contribution is 7.11. The molecule has 3 heterocycles. The van der Waals surface area contributed by atoms with Crippen molar-refractivity contribution in [1.82, 2.24) is 14.8 Å². The zero-order chi connectivity index (χ0) is 12.5. The van der Waals surface area contributed by atoms with Gasteiger partial charge in [-0.3, -0.25) is 0 Å². The third kappa shape index (κ3) is 2.22. The number of hydrogen-bond donors (Lipinski definition) is 0. The summed E-state index contributed by atoms with van der Waals surface area (Å²) >= 11 is 1.71. The molecule has 5 nitrogen and oxygen atoms in total. The molecule has 0 saturated carbocycles. The molecule has 0 aliphatic carbocycles. The minimum absolute atomic E-state index is 0.148. The van der Waals surface area contributed by atoms with Crippen LogP contribution in [0.2, 0.25) is 0 Å². The van der Waals surface area contributed by atoms with Crippen LogP contribution in [-0.2, 0) is 17.7 Å². The Morgan fingerprint density at radius 2 is 2.06 bits per heavy atom. The fourth-order valence-electron chi connectivity index (χ4n) is 2.44. The summed E-state index contributed by atoms with van der Waals surface area (Å²) in [7, 11) is 0. The standard InChI is InChI=1S/C12H17N3O2S/c1-9-13-10-2-3-15(8-11(10)18-9)12(16)14-4-6-17-7-5-14/h2-8H2,1H3. The van der Waals surface area contributed by atoms with Gasteiger partial charge in [-0.1, -0.05) is 0 Å². The van der Waals surface area contributed by atoms with Crippen LogP contribution >= 0.6 is 11.3 Å². The summed E-state index contributed by atoms with van der Waals surface area (Å²) in [6.45, 7) is 6.27. The molecule has 98 valence electrons. The van der Waals surface area contributed by atoms with Gasteiger partial charge in [0.05, 0.1) is 30.5 Å². The van der Waals surface area contributed by atoms with Gasteiger partial charge < -0.3 is 14.5 Å². The van der Waals surface area contributed by atoms with E-state index in [0.29, 0.717) is 26.3 Å². The zero-order valence-electron chi connectivity index (χ0n) is 10.5. The number of hydrogen-bond acceptors (Lipinski definition) is 4. The Hall–Kier alpha value is -1.14. The van der Waals surface area contributed by atoms with Gasteiger partial charge in [0, 0.05) is 30.9 Å². The fraction of sp³-hybridized carbons (Fsp3) is 0.667. The van der Waals surface area contributed by atoms with Gasteiger partial charge in [-0.2, -0.15) is 0 Å². The SMILES string of the molecule is Cc1nc2c(s1)CN(C(=O)N1CCOCC1)CC2. The van der Waals surface area contributed by atoms with Gasteiger partial charge in [-0.25, -0.2) is 9.78 Å². The Kier molecular flexibility index (Phi) is 3.22. The molecule has 0 bridgehead atoms. The number of carbonyl (C=O) groups is 1. The van der Waals surface area contributed by atoms with Crippen molar-refractivity contribution in [3.63, 3.8) is 0 Å². The number of amides is 2. The molecule has 0 radical (unpaired) electrons. The molecule has 0 unspecified atom stereocenters. The lowest BCUT2D eigenvalue weighted by atomic mass is 10.2. The number of fused-ring (bicyclic) bond motifs is 1. The Morgan fingerprint density at radius 3 is 2.83 bits per heavy atom. The lowest BCUT2D eigenvalue weighted by Crippen LogP contribution is -2.49. The van der Waals surface area contributed by atoms with Crippen LogP contribution in [0, 0.1) is 6.92 Å². The summed E-state index contributed by atoms with van der Waals surface area (Å²) in [6, 6.07) is 0.148. The molecule has 0 N–H and O–H groups in total. The summed E-state index contributed by atoms with van der Waals surface area (Å²) < 4.78 is 5.28. The van der Waals surface area contributed by atoms with E-state index in [-0.39, 0.29) is 6.03 Å². The number of aryl methyl sites for hydroxylation is 1. The van der Waals surface area contributed by atoms with Gasteiger partial charge in [0.25, 0.3) is 0 Å². The zero-order valence-corrected chi connectivity index (χ0v) is 11.3. The third-order valence-electron chi connectivity index (χ3n) is 3.39. The lowest BCUT2D eigenvalue weighted by molar-refractivity contribution is 0.0422. The van der Waals surface area contributed by atoms with E-state index >= 15 is 0 Å². The highest BCUT2D eigenvalue weighted by atomic mass is 32.1. The first-order valence-corrected chi connectivity index (χ1v) is 7.12. The van der Waals surface area contributed by atoms with Gasteiger partial charge in [0.2, 0.25) is 0 Å². The van der Waals surface area contributed by atoms with Crippen LogP contribution in [0.3, 0.4) is 0 Å². The quantitative estimate of drug-likeness (QED) is 0.711. The molecule has 1 saturated heterocycles. The maximum atomic E-state index is 12.4. The van der Waals surface area contributed by atoms with Crippen LogP contribution in [0.5, 0.6) is 0 Å². The minimum atomic E-state index is 0.148. The molecule has 2 amide bonds. The number of ether oxygens (including phenoxy) is 1. The third-order valence-corrected chi connectivity index (χ3v) is 4.39. The topological polar surface area (TPSA) is 45.7 Å². The lowest BCUT2D eigenvalue weighted by Gasteiger charge is -2.34. The molecule has 0 aromatic carbocycles. The van der Waals surface area contributed by atoms with Gasteiger partial charge in [0.1, 0.15) is 0 Å². The van der Waals surface area contributed by atoms with Crippen molar-refractivity contribution < 1.29 is 9.53 Å². The average Bonchev–Trinajstić information content (AvgIpc) is 2.78. The summed E-state index contributed by atoms with van der Waals surface area (Å²) in [4.78, 5) is 21.9. The van der Waals surface area contributed by atoms with E-state index in [2.05, 4.69) is 4.98 Å². The van der Waals surface area contributed by atoms with Crippen molar-refractivity contribution in [2.75, 3.05) is 32.8 Å². The van der Waals surface area contributed by atoms with Gasteiger partial charge >= 0.3 is 6.03 Å². The average molecular weight is 267 g/mol. The minimum Gasteiger partial charge on any atom is -0.378 e. The number of nitrogens with zero attached hydrogens (tertiary/aromatic N) is 3. The summed E-state index contributed by atoms with van der Waals surface area (Å²) in [5, 5.41) is 1.10. The summed E-state index contributed by atoms with van der Waals surface area (Å²) in [5.41, 5.74) is 1.18. The van der Waals surface area contributed by atoms with Crippen LogP contribution in [0.25, 0.3) is 0 Å². The molecule has 0 atom stereocenters. The Labute approximate surface area is 110 Å². The second-order valence-electron chi connectivity index (χ2n) is 4.66. The summed E-state index contributed by atoms with van der Waals surface area (Å²) in [5.74, 6) is 0. The molecule has 1 aromatic heterocycles. The van der Waals surface area contributed by atoms with E-state index in [1.807, 2.05) is 16.7 Å². The van der Waals surface area contributed by atoms with E-state index < -0.39 is 0 Å². The molecule has 2 aliphatic rings. The van der Waals surface area contributed by atoms with Crippen LogP contribution in [0.4, 0.5) is 4.79 Å². The molecule has 2 aliphatic heterocycles. The number of rotatable bonds is 0. The van der Waals surface area contributed by atoms with Crippen LogP contribution in [0.1, 0.15) is 15.6 Å². The predicted molar refractivity (Wildman–Crippen MR) is 68.8 cm³/mol. The first-order valence-electron chi connectivity index (χ1n) is 6.31. The smallest absolute Gasteiger partial charge is 0.320 e. The summed E-state index contributed by atoms with van der Waals surface area (Å²) in [6.07, 6.45) is 0.885. The highest BCUT2D eigenvalue weighted by Gasteiger charge is 2.27. The van der Waals surface area contributed by atoms with E-state index in [4.69, 9.17) is 4.74 Å². The maximum Gasteiger partial charge on any atom is 0.320 e. The Morgan fingerprint density at radius 1 is 1.28 bits per heavy atom. The van der Waals surface area contributed by atoms with Crippen molar-refractivity contribution in [3.8, 4) is 0 Å². The monoisotopic (exact) mass is 267 g/mol. The second kappa shape index (κ2) is 4.85. The van der Waals surface area contributed by atoms with Crippen molar-refractivity contribution in [2.45, 2.75) is 19.9 Å². The number of urea groups is 1. The van der Waals surface area contributed by atoms with Crippen LogP contribution < -0.4 is 0 Å². The largest absolute Gasteiger partial charge is 0.378 e. The molecule has 3 rings (SSSR count). The normalized spacial score (nSPS) is 19.8. The maximum absolute atomic E-state index is 12.4. The van der Waals surface area contributed by atoms with Crippen molar-refractivity contribution >= 4 is 17.4 Å². The van der Waals surface area contributed by atoms with Crippen LogP contribution in [-0.4, -0.2) is 53.7 Å². The van der Waals surface area contributed by atoms with E-state index in [0.717, 1.165) is 24.5 Å². The molecule has 6 heteroatoms. The fourth-order valence-corrected chi connectivity index (χ4v) is 3.44. The molecule has 1 aromatic rings. The first-order chi connectivity index (χ1) is 8.74. The van der Waals surface area contributed by atoms with Crippen LogP contribution in [0.15, 0.2) is 0 Å². The van der Waals surface area contributed by atoms with Gasteiger partial charge in [0.15, 0.2) is 0 Å². The van der Waals surface area contributed by atoms with Gasteiger partial charge in [-0.15, -0.1) is 11.3 Å².